The average Bonchev–Trinajstić information content (AvgIpc) is 2.40. The van der Waals surface area contributed by atoms with Gasteiger partial charge in [0.25, 0.3) is 0 Å². The van der Waals surface area contributed by atoms with Gasteiger partial charge in [0.05, 0.1) is 0 Å². The lowest BCUT2D eigenvalue weighted by Crippen LogP contribution is -2.15. The van der Waals surface area contributed by atoms with Crippen molar-refractivity contribution in [3.63, 3.8) is 0 Å². The first-order valence-corrected chi connectivity index (χ1v) is 3.71. The minimum Gasteiger partial charge on any atom is -0.481 e. The largest absolute Gasteiger partial charge is 0.481 e. The van der Waals surface area contributed by atoms with Gasteiger partial charge in [-0.05, 0) is 30.8 Å². The van der Waals surface area contributed by atoms with Gasteiger partial charge in [0.15, 0.2) is 0 Å². The van der Waals surface area contributed by atoms with Gasteiger partial charge in [-0.1, -0.05) is 0 Å². The SMILES string of the molecule is Cl.O=C(O)CC1C2CNC[C@H]21. The summed E-state index contributed by atoms with van der Waals surface area (Å²) in [6.07, 6.45) is 0.386. The van der Waals surface area contributed by atoms with E-state index in [1.165, 1.54) is 0 Å². The monoisotopic (exact) mass is 177 g/mol. The highest BCUT2D eigenvalue weighted by molar-refractivity contribution is 5.85. The Labute approximate surface area is 71.6 Å². The second-order valence-corrected chi connectivity index (χ2v) is 3.25. The highest BCUT2D eigenvalue weighted by Crippen LogP contribution is 2.50. The van der Waals surface area contributed by atoms with Crippen molar-refractivity contribution in [1.82, 2.24) is 5.32 Å². The van der Waals surface area contributed by atoms with Crippen LogP contribution in [-0.2, 0) is 4.79 Å². The van der Waals surface area contributed by atoms with E-state index in [-0.39, 0.29) is 12.4 Å². The highest BCUT2D eigenvalue weighted by atomic mass is 35.5. The minimum atomic E-state index is -0.639. The molecule has 0 bridgehead atoms. The maximum atomic E-state index is 10.3. The average molecular weight is 178 g/mol. The molecule has 4 heteroatoms. The number of rotatable bonds is 2. The standard InChI is InChI=1S/C7H11NO2.ClH/c9-7(10)1-4-5-2-8-3-6(4)5;/h4-6,8H,1-3H2,(H,9,10);1H/t4?,5-,6?;/m0./s1. The van der Waals surface area contributed by atoms with Crippen LogP contribution in [0.5, 0.6) is 0 Å². The molecule has 0 aromatic carbocycles. The lowest BCUT2D eigenvalue weighted by atomic mass is 10.2. The Hall–Kier alpha value is -0.280. The summed E-state index contributed by atoms with van der Waals surface area (Å²) in [4.78, 5) is 10.3. The maximum Gasteiger partial charge on any atom is 0.303 e. The second-order valence-electron chi connectivity index (χ2n) is 3.25. The third-order valence-corrected chi connectivity index (χ3v) is 2.68. The van der Waals surface area contributed by atoms with Gasteiger partial charge in [-0.3, -0.25) is 4.79 Å². The number of halogens is 1. The molecular formula is C7H12ClNO2. The molecule has 0 radical (unpaired) electrons. The lowest BCUT2D eigenvalue weighted by Gasteiger charge is -1.98. The number of carboxylic acids is 1. The van der Waals surface area contributed by atoms with Crippen molar-refractivity contribution in [3.05, 3.63) is 0 Å². The molecule has 64 valence electrons. The van der Waals surface area contributed by atoms with Crippen LogP contribution in [0, 0.1) is 17.8 Å². The van der Waals surface area contributed by atoms with E-state index in [1.807, 2.05) is 0 Å². The zero-order chi connectivity index (χ0) is 7.14. The summed E-state index contributed by atoms with van der Waals surface area (Å²) >= 11 is 0. The normalized spacial score (nSPS) is 39.1. The van der Waals surface area contributed by atoms with Crippen molar-refractivity contribution in [3.8, 4) is 0 Å². The first kappa shape index (κ1) is 8.81. The number of nitrogens with one attached hydrogen (secondary N) is 1. The first-order chi connectivity index (χ1) is 4.79. The zero-order valence-electron chi connectivity index (χ0n) is 6.12. The van der Waals surface area contributed by atoms with Crippen molar-refractivity contribution in [2.45, 2.75) is 6.42 Å². The number of hydrogen-bond donors (Lipinski definition) is 2. The molecular weight excluding hydrogens is 166 g/mol. The third-order valence-electron chi connectivity index (χ3n) is 2.68. The Morgan fingerprint density at radius 2 is 2.00 bits per heavy atom. The van der Waals surface area contributed by atoms with E-state index in [0.717, 1.165) is 13.1 Å². The van der Waals surface area contributed by atoms with E-state index in [4.69, 9.17) is 5.11 Å². The zero-order valence-corrected chi connectivity index (χ0v) is 6.93. The Morgan fingerprint density at radius 1 is 1.45 bits per heavy atom. The van der Waals surface area contributed by atoms with Gasteiger partial charge < -0.3 is 10.4 Å². The number of aliphatic carboxylic acids is 1. The minimum absolute atomic E-state index is 0. The topological polar surface area (TPSA) is 49.3 Å². The summed E-state index contributed by atoms with van der Waals surface area (Å²) in [5.74, 6) is 1.24. The second kappa shape index (κ2) is 2.99. The van der Waals surface area contributed by atoms with Crippen LogP contribution in [0.1, 0.15) is 6.42 Å². The molecule has 2 fully saturated rings. The summed E-state index contributed by atoms with van der Waals surface area (Å²) in [6, 6.07) is 0. The number of fused-ring (bicyclic) bond motifs is 1. The van der Waals surface area contributed by atoms with Crippen molar-refractivity contribution in [1.29, 1.82) is 0 Å². The molecule has 1 heterocycles. The van der Waals surface area contributed by atoms with Crippen LogP contribution >= 0.6 is 12.4 Å². The van der Waals surface area contributed by atoms with Crippen molar-refractivity contribution in [2.24, 2.45) is 17.8 Å². The van der Waals surface area contributed by atoms with Gasteiger partial charge in [0.1, 0.15) is 0 Å². The maximum absolute atomic E-state index is 10.3. The lowest BCUT2D eigenvalue weighted by molar-refractivity contribution is -0.137. The Morgan fingerprint density at radius 3 is 2.45 bits per heavy atom. The van der Waals surface area contributed by atoms with E-state index in [2.05, 4.69) is 5.32 Å². The molecule has 2 unspecified atom stereocenters. The van der Waals surface area contributed by atoms with Crippen LogP contribution in [-0.4, -0.2) is 24.2 Å². The molecule has 0 aromatic heterocycles. The quantitative estimate of drug-likeness (QED) is 0.640. The van der Waals surface area contributed by atoms with E-state index >= 15 is 0 Å². The number of carboxylic acid groups (broad SMARTS) is 1. The summed E-state index contributed by atoms with van der Waals surface area (Å²) in [5, 5.41) is 11.7. The molecule has 1 aliphatic heterocycles. The molecule has 2 aliphatic rings. The molecule has 0 spiro atoms. The summed E-state index contributed by atoms with van der Waals surface area (Å²) in [5.41, 5.74) is 0. The van der Waals surface area contributed by atoms with Gasteiger partial charge in [-0.25, -0.2) is 0 Å². The first-order valence-electron chi connectivity index (χ1n) is 3.71. The van der Waals surface area contributed by atoms with E-state index in [9.17, 15) is 4.79 Å². The van der Waals surface area contributed by atoms with Crippen molar-refractivity contribution >= 4 is 18.4 Å². The fourth-order valence-electron chi connectivity index (χ4n) is 2.05. The van der Waals surface area contributed by atoms with Gasteiger partial charge in [-0.15, -0.1) is 12.4 Å². The predicted octanol–water partition coefficient (Wildman–Crippen LogP) is 0.348. The van der Waals surface area contributed by atoms with E-state index in [1.54, 1.807) is 0 Å². The molecule has 2 rings (SSSR count). The molecule has 1 aliphatic carbocycles. The summed E-state index contributed by atoms with van der Waals surface area (Å²) in [6.45, 7) is 2.09. The fraction of sp³-hybridized carbons (Fsp3) is 0.857. The van der Waals surface area contributed by atoms with Crippen LogP contribution in [0.25, 0.3) is 0 Å². The van der Waals surface area contributed by atoms with E-state index < -0.39 is 5.97 Å². The van der Waals surface area contributed by atoms with Gasteiger partial charge in [0, 0.05) is 6.42 Å². The molecule has 0 amide bonds. The molecule has 3 nitrogen and oxygen atoms in total. The molecule has 1 saturated carbocycles. The number of carbonyl (C=O) groups is 1. The third kappa shape index (κ3) is 1.49. The van der Waals surface area contributed by atoms with Gasteiger partial charge in [0.2, 0.25) is 0 Å². The van der Waals surface area contributed by atoms with Crippen LogP contribution in [0.3, 0.4) is 0 Å². The molecule has 1 saturated heterocycles. The molecule has 2 N–H and O–H groups in total. The van der Waals surface area contributed by atoms with E-state index in [0.29, 0.717) is 24.2 Å². The fourth-order valence-corrected chi connectivity index (χ4v) is 2.05. The Bertz CT molecular complexity index is 164. The smallest absolute Gasteiger partial charge is 0.303 e. The Balaban J connectivity index is 0.000000605. The molecule has 11 heavy (non-hydrogen) atoms. The van der Waals surface area contributed by atoms with Crippen molar-refractivity contribution in [2.75, 3.05) is 13.1 Å². The van der Waals surface area contributed by atoms with Crippen LogP contribution in [0.4, 0.5) is 0 Å². The Kier molecular flexibility index (Phi) is 2.40. The summed E-state index contributed by atoms with van der Waals surface area (Å²) < 4.78 is 0. The summed E-state index contributed by atoms with van der Waals surface area (Å²) in [7, 11) is 0. The van der Waals surface area contributed by atoms with Crippen LogP contribution in [0.2, 0.25) is 0 Å². The molecule has 3 atom stereocenters. The number of piperidine rings is 1. The van der Waals surface area contributed by atoms with Gasteiger partial charge >= 0.3 is 5.97 Å². The van der Waals surface area contributed by atoms with Gasteiger partial charge in [-0.2, -0.15) is 0 Å². The highest BCUT2D eigenvalue weighted by Gasteiger charge is 2.53. The van der Waals surface area contributed by atoms with Crippen LogP contribution < -0.4 is 5.32 Å². The molecule has 0 aromatic rings. The van der Waals surface area contributed by atoms with Crippen molar-refractivity contribution < 1.29 is 9.90 Å². The number of hydrogen-bond acceptors (Lipinski definition) is 2. The van der Waals surface area contributed by atoms with Crippen LogP contribution in [0.15, 0.2) is 0 Å². The predicted molar refractivity (Wildman–Crippen MR) is 42.8 cm³/mol.